The number of carboxylic acids is 1. The Bertz CT molecular complexity index is 1770. The van der Waals surface area contributed by atoms with E-state index in [1.807, 2.05) is 27.2 Å². The van der Waals surface area contributed by atoms with Crippen molar-refractivity contribution in [1.82, 2.24) is 0 Å². The first-order valence-corrected chi connectivity index (χ1v) is 30.0. The van der Waals surface area contributed by atoms with Gasteiger partial charge in [0.15, 0.2) is 12.4 Å². The van der Waals surface area contributed by atoms with Crippen LogP contribution in [0, 0.1) is 0 Å². The number of esters is 2. The molecule has 0 heterocycles. The Hall–Kier alpha value is -4.83. The van der Waals surface area contributed by atoms with Gasteiger partial charge in [-0.2, -0.15) is 0 Å². The molecule has 0 aromatic carbocycles. The Morgan fingerprint density at radius 3 is 1.08 bits per heavy atom. The monoisotopic (exact) mass is 1070 g/mol. The standard InChI is InChI=1S/C68H109NO8/c1-6-8-10-12-14-16-18-20-22-24-26-28-30-31-32-33-34-35-37-38-40-42-44-46-48-50-52-54-56-58-65(70)75-62-64(63-76-68(67(72)73)74-61-60-69(3,4)5)77-66(71)59-57-55-53-51-49-47-45-43-41-39-36-29-27-25-23-21-19-17-15-13-11-9-7-2/h8-11,14-17,20-23,26-29,31-32,39,41,45,47,51,53,64,68H,6-7,12-13,18-19,24-25,30,33-38,40,42-44,46,48-50,52,54-63H2,1-5H3/b10-8-,11-9-,16-14-,17-15-,22-20-,23-21-,28-26-,29-27-,32-31-,41-39-,47-45-,53-51-. The first-order chi connectivity index (χ1) is 37.6. The fourth-order valence-corrected chi connectivity index (χ4v) is 7.55. The molecule has 0 bridgehead atoms. The van der Waals surface area contributed by atoms with Crippen LogP contribution in [0.15, 0.2) is 146 Å². The number of nitrogens with zero attached hydrogens (tertiary/aromatic N) is 1. The smallest absolute Gasteiger partial charge is 0.306 e. The minimum absolute atomic E-state index is 0.128. The van der Waals surface area contributed by atoms with E-state index in [1.54, 1.807) is 0 Å². The zero-order valence-electron chi connectivity index (χ0n) is 49.3. The summed E-state index contributed by atoms with van der Waals surface area (Å²) in [6.07, 6.45) is 80.5. The third-order valence-corrected chi connectivity index (χ3v) is 12.1. The molecule has 0 aliphatic heterocycles. The Kier molecular flexibility index (Phi) is 53.8. The molecule has 0 aliphatic rings. The number of allylic oxidation sites excluding steroid dienone is 24. The summed E-state index contributed by atoms with van der Waals surface area (Å²) in [5.41, 5.74) is 0. The highest BCUT2D eigenvalue weighted by molar-refractivity contribution is 5.70. The van der Waals surface area contributed by atoms with Gasteiger partial charge in [-0.15, -0.1) is 0 Å². The van der Waals surface area contributed by atoms with Gasteiger partial charge < -0.3 is 33.3 Å². The van der Waals surface area contributed by atoms with E-state index >= 15 is 0 Å². The maximum Gasteiger partial charge on any atom is 0.306 e. The molecule has 2 atom stereocenters. The molecule has 9 heteroatoms. The predicted octanol–water partition coefficient (Wildman–Crippen LogP) is 16.7. The van der Waals surface area contributed by atoms with E-state index in [2.05, 4.69) is 154 Å². The molecule has 0 aromatic heterocycles. The first-order valence-electron chi connectivity index (χ1n) is 30.0. The van der Waals surface area contributed by atoms with Crippen LogP contribution in [0.5, 0.6) is 0 Å². The molecular weight excluding hydrogens is 959 g/mol. The first kappa shape index (κ1) is 72.2. The summed E-state index contributed by atoms with van der Waals surface area (Å²) >= 11 is 0. The molecule has 77 heavy (non-hydrogen) atoms. The van der Waals surface area contributed by atoms with Crippen molar-refractivity contribution in [1.29, 1.82) is 0 Å². The normalized spacial score (nSPS) is 13.8. The van der Waals surface area contributed by atoms with E-state index in [-0.39, 0.29) is 38.6 Å². The van der Waals surface area contributed by atoms with Gasteiger partial charge in [-0.1, -0.05) is 230 Å². The Morgan fingerprint density at radius 1 is 0.390 bits per heavy atom. The molecule has 0 fully saturated rings. The van der Waals surface area contributed by atoms with Gasteiger partial charge in [0.1, 0.15) is 13.2 Å². The third-order valence-electron chi connectivity index (χ3n) is 12.1. The second kappa shape index (κ2) is 57.3. The second-order valence-corrected chi connectivity index (χ2v) is 20.5. The zero-order chi connectivity index (χ0) is 56.2. The number of hydrogen-bond acceptors (Lipinski definition) is 8. The van der Waals surface area contributed by atoms with Crippen LogP contribution in [0.1, 0.15) is 206 Å². The lowest BCUT2D eigenvalue weighted by Crippen LogP contribution is -2.44. The van der Waals surface area contributed by atoms with Crippen molar-refractivity contribution in [3.05, 3.63) is 146 Å². The molecule has 434 valence electrons. The van der Waals surface area contributed by atoms with Gasteiger partial charge in [-0.25, -0.2) is 0 Å². The Balaban J connectivity index is 4.32. The number of quaternary nitrogens is 1. The topological polar surface area (TPSA) is 111 Å². The van der Waals surface area contributed by atoms with Gasteiger partial charge in [0, 0.05) is 12.8 Å². The summed E-state index contributed by atoms with van der Waals surface area (Å²) in [5.74, 6) is -2.38. The summed E-state index contributed by atoms with van der Waals surface area (Å²) in [4.78, 5) is 37.3. The molecule has 0 radical (unpaired) electrons. The highest BCUT2D eigenvalue weighted by Crippen LogP contribution is 2.15. The van der Waals surface area contributed by atoms with Crippen molar-refractivity contribution >= 4 is 17.9 Å². The maximum atomic E-state index is 12.8. The lowest BCUT2D eigenvalue weighted by Gasteiger charge is -2.26. The van der Waals surface area contributed by atoms with Crippen LogP contribution in [0.25, 0.3) is 0 Å². The number of hydrogen-bond donors (Lipinski definition) is 0. The van der Waals surface area contributed by atoms with Crippen molar-refractivity contribution in [2.45, 2.75) is 219 Å². The lowest BCUT2D eigenvalue weighted by atomic mass is 10.0. The quantitative estimate of drug-likeness (QED) is 0.0195. The molecule has 0 aliphatic carbocycles. The lowest BCUT2D eigenvalue weighted by molar-refractivity contribution is -0.870. The number of rotatable bonds is 53. The highest BCUT2D eigenvalue weighted by atomic mass is 16.7. The van der Waals surface area contributed by atoms with E-state index in [1.165, 1.54) is 64.2 Å². The van der Waals surface area contributed by atoms with Gasteiger partial charge >= 0.3 is 11.9 Å². The van der Waals surface area contributed by atoms with Crippen molar-refractivity contribution in [3.8, 4) is 0 Å². The van der Waals surface area contributed by atoms with Gasteiger partial charge in [0.2, 0.25) is 0 Å². The van der Waals surface area contributed by atoms with Crippen molar-refractivity contribution < 1.29 is 42.9 Å². The van der Waals surface area contributed by atoms with Crippen LogP contribution < -0.4 is 5.11 Å². The van der Waals surface area contributed by atoms with E-state index in [0.29, 0.717) is 23.9 Å². The van der Waals surface area contributed by atoms with E-state index in [0.717, 1.165) is 103 Å². The third kappa shape index (κ3) is 58.7. The largest absolute Gasteiger partial charge is 0.545 e. The highest BCUT2D eigenvalue weighted by Gasteiger charge is 2.21. The summed E-state index contributed by atoms with van der Waals surface area (Å²) in [7, 11) is 5.89. The van der Waals surface area contributed by atoms with Gasteiger partial charge in [-0.3, -0.25) is 9.59 Å². The van der Waals surface area contributed by atoms with Crippen LogP contribution in [-0.2, 0) is 33.3 Å². The molecule has 0 amide bonds. The average Bonchev–Trinajstić information content (AvgIpc) is 3.40. The van der Waals surface area contributed by atoms with Crippen LogP contribution in [0.3, 0.4) is 0 Å². The molecule has 2 unspecified atom stereocenters. The predicted molar refractivity (Wildman–Crippen MR) is 324 cm³/mol. The number of ether oxygens (including phenoxy) is 4. The minimum Gasteiger partial charge on any atom is -0.545 e. The number of likely N-dealkylation sites (N-methyl/N-ethyl adjacent to an activating group) is 1. The van der Waals surface area contributed by atoms with Gasteiger partial charge in [0.05, 0.1) is 40.3 Å². The minimum atomic E-state index is -1.65. The van der Waals surface area contributed by atoms with Crippen molar-refractivity contribution in [3.63, 3.8) is 0 Å². The van der Waals surface area contributed by atoms with Crippen LogP contribution in [0.4, 0.5) is 0 Å². The second-order valence-electron chi connectivity index (χ2n) is 20.5. The molecule has 0 saturated heterocycles. The van der Waals surface area contributed by atoms with E-state index in [4.69, 9.17) is 18.9 Å². The number of carboxylic acid groups (broad SMARTS) is 1. The van der Waals surface area contributed by atoms with Gasteiger partial charge in [-0.05, 0) is 109 Å². The fraction of sp³-hybridized carbons (Fsp3) is 0.603. The van der Waals surface area contributed by atoms with Crippen LogP contribution in [0.2, 0.25) is 0 Å². The average molecular weight is 1070 g/mol. The van der Waals surface area contributed by atoms with Gasteiger partial charge in [0.25, 0.3) is 0 Å². The summed E-state index contributed by atoms with van der Waals surface area (Å²) in [6.45, 7) is 4.43. The Morgan fingerprint density at radius 2 is 0.714 bits per heavy atom. The van der Waals surface area contributed by atoms with E-state index < -0.39 is 24.3 Å². The fourth-order valence-electron chi connectivity index (χ4n) is 7.55. The number of carbonyl (C=O) groups excluding carboxylic acids is 3. The molecule has 0 spiro atoms. The molecular formula is C68H109NO8. The summed E-state index contributed by atoms with van der Waals surface area (Å²) in [6, 6.07) is 0. The SMILES string of the molecule is CC/C=C\C/C=C\C/C=C\C/C=C\C/C=C\C/C=C\C/C=C\CCCC(=O)OC(COC(=O)CCCCCCCCCCCCCCC/C=C\C/C=C\C/C=C\C/C=C\C/C=C\CC)COC(OCC[N+](C)(C)C)C(=O)[O-]. The summed E-state index contributed by atoms with van der Waals surface area (Å²) in [5, 5.41) is 11.8. The number of aliphatic carboxylic acids is 1. The molecule has 0 N–H and O–H groups in total. The van der Waals surface area contributed by atoms with Crippen LogP contribution in [-0.4, -0.2) is 82.3 Å². The van der Waals surface area contributed by atoms with Crippen molar-refractivity contribution in [2.75, 3.05) is 47.5 Å². The number of carbonyl (C=O) groups is 3. The summed E-state index contributed by atoms with van der Waals surface area (Å²) < 4.78 is 22.6. The molecule has 0 aromatic rings. The van der Waals surface area contributed by atoms with E-state index in [9.17, 15) is 19.5 Å². The molecule has 9 nitrogen and oxygen atoms in total. The molecule has 0 saturated carbocycles. The Labute approximate surface area is 471 Å². The maximum absolute atomic E-state index is 12.8. The van der Waals surface area contributed by atoms with Crippen LogP contribution >= 0.6 is 0 Å². The molecule has 0 rings (SSSR count). The number of unbranched alkanes of at least 4 members (excludes halogenated alkanes) is 14. The zero-order valence-corrected chi connectivity index (χ0v) is 49.3. The van der Waals surface area contributed by atoms with Crippen molar-refractivity contribution in [2.24, 2.45) is 0 Å².